The normalized spacial score (nSPS) is 15.2. The molecule has 0 spiro atoms. The minimum Gasteiger partial charge on any atom is -0.366 e. The van der Waals surface area contributed by atoms with Crippen LogP contribution in [0.15, 0.2) is 24.3 Å². The first-order valence-corrected chi connectivity index (χ1v) is 9.95. The van der Waals surface area contributed by atoms with Crippen molar-refractivity contribution in [2.45, 2.75) is 33.7 Å². The Labute approximate surface area is 170 Å². The summed E-state index contributed by atoms with van der Waals surface area (Å²) in [5.41, 5.74) is 10.9. The number of nitrogens with two attached hydrogens (primary N) is 1. The lowest BCUT2D eigenvalue weighted by atomic mass is 10.1. The highest BCUT2D eigenvalue weighted by molar-refractivity contribution is 5.79. The predicted molar refractivity (Wildman–Crippen MR) is 111 cm³/mol. The first kappa shape index (κ1) is 19.3. The number of anilines is 1. The number of hydrogen-bond donors (Lipinski definition) is 1. The zero-order chi connectivity index (χ0) is 20.5. The van der Waals surface area contributed by atoms with Crippen LogP contribution in [0.1, 0.15) is 28.1 Å². The van der Waals surface area contributed by atoms with Crippen molar-refractivity contribution < 1.29 is 4.79 Å². The van der Waals surface area contributed by atoms with Gasteiger partial charge in [-0.1, -0.05) is 24.3 Å². The van der Waals surface area contributed by atoms with E-state index in [1.807, 2.05) is 18.7 Å². The number of nitrogen functional groups attached to an aromatic ring is 1. The minimum atomic E-state index is 0.126. The second kappa shape index (κ2) is 7.79. The van der Waals surface area contributed by atoms with Gasteiger partial charge in [0.1, 0.15) is 0 Å². The van der Waals surface area contributed by atoms with Gasteiger partial charge >= 0.3 is 0 Å². The highest BCUT2D eigenvalue weighted by Gasteiger charge is 2.23. The molecular formula is C21H27N7O. The quantitative estimate of drug-likeness (QED) is 0.722. The van der Waals surface area contributed by atoms with Crippen LogP contribution in [-0.2, 0) is 17.8 Å². The van der Waals surface area contributed by atoms with E-state index in [9.17, 15) is 4.79 Å². The van der Waals surface area contributed by atoms with Gasteiger partial charge in [0.25, 0.3) is 5.78 Å². The zero-order valence-corrected chi connectivity index (χ0v) is 17.2. The number of aromatic nitrogens is 4. The van der Waals surface area contributed by atoms with E-state index in [1.54, 1.807) is 4.52 Å². The van der Waals surface area contributed by atoms with E-state index < -0.39 is 0 Å². The Morgan fingerprint density at radius 1 is 1.07 bits per heavy atom. The summed E-state index contributed by atoms with van der Waals surface area (Å²) in [5.74, 6) is 0.785. The number of rotatable bonds is 4. The molecule has 3 aromatic rings. The highest BCUT2D eigenvalue weighted by atomic mass is 16.2. The average molecular weight is 393 g/mol. The van der Waals surface area contributed by atoms with Gasteiger partial charge in [-0.2, -0.15) is 9.50 Å². The summed E-state index contributed by atoms with van der Waals surface area (Å²) in [6, 6.07) is 8.48. The molecule has 8 nitrogen and oxygen atoms in total. The van der Waals surface area contributed by atoms with Crippen molar-refractivity contribution in [1.29, 1.82) is 0 Å². The highest BCUT2D eigenvalue weighted by Crippen LogP contribution is 2.17. The SMILES string of the molecule is Cc1ccccc1CN1CCN(C(=O)Cc2c(C)nc3nc(N)nn3c2C)CC1. The second-order valence-corrected chi connectivity index (χ2v) is 7.70. The molecule has 29 heavy (non-hydrogen) atoms. The molecule has 0 atom stereocenters. The molecule has 1 fully saturated rings. The lowest BCUT2D eigenvalue weighted by molar-refractivity contribution is -0.132. The third-order valence-corrected chi connectivity index (χ3v) is 5.77. The van der Waals surface area contributed by atoms with Crippen LogP contribution in [0.5, 0.6) is 0 Å². The van der Waals surface area contributed by atoms with Crippen LogP contribution < -0.4 is 5.73 Å². The van der Waals surface area contributed by atoms with Crippen molar-refractivity contribution in [3.63, 3.8) is 0 Å². The summed E-state index contributed by atoms with van der Waals surface area (Å²) < 4.78 is 1.62. The summed E-state index contributed by atoms with van der Waals surface area (Å²) in [4.78, 5) is 25.9. The third-order valence-electron chi connectivity index (χ3n) is 5.77. The predicted octanol–water partition coefficient (Wildman–Crippen LogP) is 1.52. The molecule has 1 amide bonds. The van der Waals surface area contributed by atoms with E-state index in [-0.39, 0.29) is 11.9 Å². The van der Waals surface area contributed by atoms with Gasteiger partial charge in [0.2, 0.25) is 11.9 Å². The van der Waals surface area contributed by atoms with Gasteiger partial charge in [-0.25, -0.2) is 4.98 Å². The van der Waals surface area contributed by atoms with Crippen LogP contribution in [0.2, 0.25) is 0 Å². The molecule has 0 bridgehead atoms. The molecule has 2 N–H and O–H groups in total. The van der Waals surface area contributed by atoms with Crippen LogP contribution in [0, 0.1) is 20.8 Å². The molecule has 0 radical (unpaired) electrons. The summed E-state index contributed by atoms with van der Waals surface area (Å²) in [7, 11) is 0. The Balaban J connectivity index is 1.40. The fourth-order valence-electron chi connectivity index (χ4n) is 3.93. The monoisotopic (exact) mass is 393 g/mol. The Morgan fingerprint density at radius 2 is 1.79 bits per heavy atom. The second-order valence-electron chi connectivity index (χ2n) is 7.70. The Hall–Kier alpha value is -3.00. The van der Waals surface area contributed by atoms with Crippen molar-refractivity contribution in [3.8, 4) is 0 Å². The average Bonchev–Trinajstić information content (AvgIpc) is 3.07. The minimum absolute atomic E-state index is 0.126. The maximum absolute atomic E-state index is 12.9. The summed E-state index contributed by atoms with van der Waals surface area (Å²) in [6.07, 6.45) is 0.318. The molecule has 2 aromatic heterocycles. The fourth-order valence-corrected chi connectivity index (χ4v) is 3.93. The number of hydrogen-bond acceptors (Lipinski definition) is 6. The number of aryl methyl sites for hydroxylation is 3. The van der Waals surface area contributed by atoms with Crippen LogP contribution in [0.3, 0.4) is 0 Å². The molecule has 4 rings (SSSR count). The van der Waals surface area contributed by atoms with E-state index >= 15 is 0 Å². The van der Waals surface area contributed by atoms with Crippen LogP contribution >= 0.6 is 0 Å². The van der Waals surface area contributed by atoms with Gasteiger partial charge in [-0.3, -0.25) is 9.69 Å². The van der Waals surface area contributed by atoms with Gasteiger partial charge in [-0.05, 0) is 31.9 Å². The number of benzene rings is 1. The molecule has 0 aliphatic carbocycles. The molecule has 0 unspecified atom stereocenters. The first-order valence-electron chi connectivity index (χ1n) is 9.95. The van der Waals surface area contributed by atoms with Crippen molar-refractivity contribution in [3.05, 3.63) is 52.3 Å². The Bertz CT molecular complexity index is 1050. The number of nitrogens with zero attached hydrogens (tertiary/aromatic N) is 6. The number of carbonyl (C=O) groups is 1. The van der Waals surface area contributed by atoms with Crippen molar-refractivity contribution in [1.82, 2.24) is 29.4 Å². The van der Waals surface area contributed by atoms with Crippen molar-refractivity contribution in [2.75, 3.05) is 31.9 Å². The van der Waals surface area contributed by atoms with E-state index in [0.29, 0.717) is 12.2 Å². The fraction of sp³-hybridized carbons (Fsp3) is 0.429. The standard InChI is InChI=1S/C21H27N7O/c1-14-6-4-5-7-17(14)13-26-8-10-27(11-9-26)19(29)12-18-15(2)23-21-24-20(22)25-28(21)16(18)3/h4-7H,8-13H2,1-3H3,(H2,22,25). The van der Waals surface area contributed by atoms with Crippen LogP contribution in [0.25, 0.3) is 5.78 Å². The lowest BCUT2D eigenvalue weighted by Gasteiger charge is -2.35. The maximum Gasteiger partial charge on any atom is 0.254 e. The van der Waals surface area contributed by atoms with Gasteiger partial charge < -0.3 is 10.6 Å². The number of amides is 1. The first-order chi connectivity index (χ1) is 13.9. The van der Waals surface area contributed by atoms with Crippen LogP contribution in [-0.4, -0.2) is 61.5 Å². The summed E-state index contributed by atoms with van der Waals surface area (Å²) in [6.45, 7) is 10.2. The number of carbonyl (C=O) groups excluding carboxylic acids is 1. The molecule has 1 aliphatic rings. The molecule has 1 saturated heterocycles. The molecular weight excluding hydrogens is 366 g/mol. The summed E-state index contributed by atoms with van der Waals surface area (Å²) in [5, 5.41) is 4.18. The molecule has 3 heterocycles. The van der Waals surface area contributed by atoms with E-state index in [4.69, 9.17) is 5.73 Å². The smallest absolute Gasteiger partial charge is 0.254 e. The number of piperazine rings is 1. The van der Waals surface area contributed by atoms with E-state index in [2.05, 4.69) is 51.2 Å². The zero-order valence-electron chi connectivity index (χ0n) is 17.2. The van der Waals surface area contributed by atoms with Crippen molar-refractivity contribution in [2.24, 2.45) is 0 Å². The molecule has 152 valence electrons. The summed E-state index contributed by atoms with van der Waals surface area (Å²) >= 11 is 0. The third kappa shape index (κ3) is 3.93. The van der Waals surface area contributed by atoms with E-state index in [0.717, 1.165) is 49.7 Å². The lowest BCUT2D eigenvalue weighted by Crippen LogP contribution is -2.48. The van der Waals surface area contributed by atoms with Gasteiger partial charge in [-0.15, -0.1) is 5.10 Å². The van der Waals surface area contributed by atoms with Gasteiger partial charge in [0.05, 0.1) is 6.42 Å². The number of fused-ring (bicyclic) bond motifs is 1. The Morgan fingerprint density at radius 3 is 2.52 bits per heavy atom. The van der Waals surface area contributed by atoms with E-state index in [1.165, 1.54) is 11.1 Å². The van der Waals surface area contributed by atoms with Gasteiger partial charge in [0, 0.05) is 49.7 Å². The maximum atomic E-state index is 12.9. The topological polar surface area (TPSA) is 92.6 Å². The van der Waals surface area contributed by atoms with Crippen molar-refractivity contribution >= 4 is 17.6 Å². The molecule has 1 aromatic carbocycles. The van der Waals surface area contributed by atoms with Gasteiger partial charge in [0.15, 0.2) is 0 Å². The van der Waals surface area contributed by atoms with Crippen LogP contribution in [0.4, 0.5) is 5.95 Å². The molecule has 8 heteroatoms. The Kier molecular flexibility index (Phi) is 5.19. The molecule has 1 aliphatic heterocycles. The largest absolute Gasteiger partial charge is 0.366 e. The molecule has 0 saturated carbocycles.